The van der Waals surface area contributed by atoms with Crippen molar-refractivity contribution in [3.05, 3.63) is 29.8 Å². The molecule has 29 heavy (non-hydrogen) atoms. The highest BCUT2D eigenvalue weighted by Gasteiger charge is 2.25. The van der Waals surface area contributed by atoms with Gasteiger partial charge >= 0.3 is 0 Å². The fraction of sp³-hybridized carbons (Fsp3) is 0.500. The maximum absolute atomic E-state index is 13.0. The van der Waals surface area contributed by atoms with Gasteiger partial charge in [-0.05, 0) is 31.4 Å². The van der Waals surface area contributed by atoms with Crippen LogP contribution in [0.4, 0.5) is 5.82 Å². The number of carbonyl (C=O) groups excluding carboxylic acids is 1. The Hall–Kier alpha value is -2.67. The standard InChI is InChI=1S/C22H29N5O2/c1-2-3-4-7-12-27-20(23)18(22(28)24-14-15-9-8-13-29-15)19-21(27)26-17-11-6-5-10-16(17)25-19/h5-6,10-11,15H,2-4,7-9,12-14,23H2,1H3,(H,24,28)/t15-/m0/s1. The van der Waals surface area contributed by atoms with Gasteiger partial charge in [-0.25, -0.2) is 9.97 Å². The van der Waals surface area contributed by atoms with Crippen molar-refractivity contribution in [3.63, 3.8) is 0 Å². The second-order valence-electron chi connectivity index (χ2n) is 7.70. The number of ether oxygens (including phenoxy) is 1. The van der Waals surface area contributed by atoms with Gasteiger partial charge < -0.3 is 20.4 Å². The lowest BCUT2D eigenvalue weighted by atomic mass is 10.2. The summed E-state index contributed by atoms with van der Waals surface area (Å²) in [6.45, 7) is 4.17. The number of anilines is 1. The van der Waals surface area contributed by atoms with Crippen LogP contribution in [0.15, 0.2) is 24.3 Å². The number of fused-ring (bicyclic) bond motifs is 2. The summed E-state index contributed by atoms with van der Waals surface area (Å²) in [5.74, 6) is 0.233. The second-order valence-corrected chi connectivity index (χ2v) is 7.70. The molecule has 7 nitrogen and oxygen atoms in total. The molecule has 0 saturated carbocycles. The lowest BCUT2D eigenvalue weighted by Gasteiger charge is -2.11. The van der Waals surface area contributed by atoms with E-state index in [2.05, 4.69) is 12.2 Å². The van der Waals surface area contributed by atoms with Crippen molar-refractivity contribution in [1.29, 1.82) is 0 Å². The van der Waals surface area contributed by atoms with Crippen LogP contribution in [0.5, 0.6) is 0 Å². The predicted molar refractivity (Wildman–Crippen MR) is 115 cm³/mol. The number of amides is 1. The molecule has 1 aliphatic heterocycles. The van der Waals surface area contributed by atoms with E-state index < -0.39 is 0 Å². The summed E-state index contributed by atoms with van der Waals surface area (Å²) in [7, 11) is 0. The zero-order valence-electron chi connectivity index (χ0n) is 17.0. The molecule has 7 heteroatoms. The topological polar surface area (TPSA) is 95.1 Å². The quantitative estimate of drug-likeness (QED) is 0.568. The minimum Gasteiger partial charge on any atom is -0.384 e. The number of unbranched alkanes of at least 4 members (excludes halogenated alkanes) is 3. The number of benzene rings is 1. The molecule has 1 aliphatic rings. The highest BCUT2D eigenvalue weighted by atomic mass is 16.5. The maximum atomic E-state index is 13.0. The van der Waals surface area contributed by atoms with Crippen LogP contribution in [0.25, 0.3) is 22.2 Å². The van der Waals surface area contributed by atoms with Gasteiger partial charge in [0.15, 0.2) is 5.65 Å². The summed E-state index contributed by atoms with van der Waals surface area (Å²) >= 11 is 0. The van der Waals surface area contributed by atoms with E-state index >= 15 is 0 Å². The molecule has 0 spiro atoms. The van der Waals surface area contributed by atoms with E-state index in [-0.39, 0.29) is 12.0 Å². The van der Waals surface area contributed by atoms with Gasteiger partial charge in [-0.15, -0.1) is 0 Å². The van der Waals surface area contributed by atoms with E-state index in [1.807, 2.05) is 28.8 Å². The van der Waals surface area contributed by atoms with Crippen LogP contribution in [0.3, 0.4) is 0 Å². The second kappa shape index (κ2) is 8.78. The molecule has 1 atom stereocenters. The Morgan fingerprint density at radius 3 is 2.76 bits per heavy atom. The fourth-order valence-corrected chi connectivity index (χ4v) is 3.96. The molecule has 154 valence electrons. The number of aromatic nitrogens is 3. The van der Waals surface area contributed by atoms with E-state index in [0.29, 0.717) is 29.1 Å². The number of carbonyl (C=O) groups is 1. The first-order valence-electron chi connectivity index (χ1n) is 10.6. The van der Waals surface area contributed by atoms with E-state index in [1.54, 1.807) is 0 Å². The molecule has 3 heterocycles. The minimum absolute atomic E-state index is 0.0782. The van der Waals surface area contributed by atoms with Crippen LogP contribution in [0, 0.1) is 0 Å². The lowest BCUT2D eigenvalue weighted by molar-refractivity contribution is 0.0859. The van der Waals surface area contributed by atoms with E-state index in [9.17, 15) is 4.79 Å². The number of hydrogen-bond acceptors (Lipinski definition) is 5. The Morgan fingerprint density at radius 1 is 1.24 bits per heavy atom. The zero-order chi connectivity index (χ0) is 20.2. The molecule has 1 saturated heterocycles. The first kappa shape index (κ1) is 19.6. The Balaban J connectivity index is 1.69. The van der Waals surface area contributed by atoms with Crippen molar-refractivity contribution in [2.45, 2.75) is 58.1 Å². The monoisotopic (exact) mass is 395 g/mol. The van der Waals surface area contributed by atoms with Crippen molar-refractivity contribution in [1.82, 2.24) is 19.9 Å². The van der Waals surface area contributed by atoms with Gasteiger partial charge in [0.1, 0.15) is 16.9 Å². The molecule has 0 aliphatic carbocycles. The first-order valence-corrected chi connectivity index (χ1v) is 10.6. The summed E-state index contributed by atoms with van der Waals surface area (Å²) in [4.78, 5) is 22.6. The summed E-state index contributed by atoms with van der Waals surface area (Å²) < 4.78 is 7.57. The summed E-state index contributed by atoms with van der Waals surface area (Å²) in [5, 5.41) is 2.99. The third kappa shape index (κ3) is 4.05. The summed E-state index contributed by atoms with van der Waals surface area (Å²) in [6, 6.07) is 7.70. The van der Waals surface area contributed by atoms with Crippen molar-refractivity contribution in [2.24, 2.45) is 0 Å². The molecule has 0 unspecified atom stereocenters. The van der Waals surface area contributed by atoms with Crippen molar-refractivity contribution in [2.75, 3.05) is 18.9 Å². The summed E-state index contributed by atoms with van der Waals surface area (Å²) in [5.41, 5.74) is 9.71. The highest BCUT2D eigenvalue weighted by Crippen LogP contribution is 2.28. The highest BCUT2D eigenvalue weighted by molar-refractivity contribution is 6.10. The fourth-order valence-electron chi connectivity index (χ4n) is 3.96. The van der Waals surface area contributed by atoms with E-state index in [0.717, 1.165) is 49.9 Å². The number of nitrogen functional groups attached to an aromatic ring is 1. The number of nitrogens with one attached hydrogen (secondary N) is 1. The Bertz CT molecular complexity index is 1010. The lowest BCUT2D eigenvalue weighted by Crippen LogP contribution is -2.32. The molecule has 1 aromatic carbocycles. The molecular weight excluding hydrogens is 366 g/mol. The van der Waals surface area contributed by atoms with E-state index in [4.69, 9.17) is 20.4 Å². The zero-order valence-corrected chi connectivity index (χ0v) is 17.0. The summed E-state index contributed by atoms with van der Waals surface area (Å²) in [6.07, 6.45) is 6.56. The van der Waals surface area contributed by atoms with Gasteiger partial charge in [0, 0.05) is 19.7 Å². The molecule has 2 aromatic heterocycles. The molecule has 0 bridgehead atoms. The average Bonchev–Trinajstić information content (AvgIpc) is 3.34. The van der Waals surface area contributed by atoms with Crippen molar-refractivity contribution >= 4 is 33.9 Å². The van der Waals surface area contributed by atoms with Crippen LogP contribution >= 0.6 is 0 Å². The first-order chi connectivity index (χ1) is 14.2. The number of hydrogen-bond donors (Lipinski definition) is 2. The SMILES string of the molecule is CCCCCCn1c(N)c(C(=O)NC[C@@H]2CCCO2)c2nc3ccccc3nc21. The van der Waals surface area contributed by atoms with Crippen molar-refractivity contribution in [3.8, 4) is 0 Å². The maximum Gasteiger partial charge on any atom is 0.257 e. The molecule has 3 aromatic rings. The van der Waals surface area contributed by atoms with Gasteiger partial charge in [0.2, 0.25) is 0 Å². The molecule has 0 radical (unpaired) electrons. The Morgan fingerprint density at radius 2 is 2.03 bits per heavy atom. The molecule has 3 N–H and O–H groups in total. The van der Waals surface area contributed by atoms with Crippen LogP contribution in [0.2, 0.25) is 0 Å². The minimum atomic E-state index is -0.208. The molecule has 4 rings (SSSR count). The largest absolute Gasteiger partial charge is 0.384 e. The molecule has 1 amide bonds. The van der Waals surface area contributed by atoms with Gasteiger partial charge in [-0.1, -0.05) is 38.3 Å². The van der Waals surface area contributed by atoms with Gasteiger partial charge in [-0.2, -0.15) is 0 Å². The van der Waals surface area contributed by atoms with Crippen LogP contribution in [0.1, 0.15) is 55.8 Å². The molecular formula is C22H29N5O2. The van der Waals surface area contributed by atoms with Gasteiger partial charge in [0.05, 0.1) is 17.1 Å². The Kier molecular flexibility index (Phi) is 5.94. The number of nitrogens with zero attached hydrogens (tertiary/aromatic N) is 3. The number of nitrogens with two attached hydrogens (primary N) is 1. The van der Waals surface area contributed by atoms with Crippen LogP contribution < -0.4 is 11.1 Å². The number of para-hydroxylation sites is 2. The normalized spacial score (nSPS) is 16.7. The average molecular weight is 396 g/mol. The number of aryl methyl sites for hydroxylation is 1. The predicted octanol–water partition coefficient (Wildman–Crippen LogP) is 3.66. The smallest absolute Gasteiger partial charge is 0.257 e. The third-order valence-corrected chi connectivity index (χ3v) is 5.57. The number of rotatable bonds is 8. The Labute approximate surface area is 170 Å². The van der Waals surface area contributed by atoms with Gasteiger partial charge in [-0.3, -0.25) is 4.79 Å². The van der Waals surface area contributed by atoms with Crippen molar-refractivity contribution < 1.29 is 9.53 Å². The van der Waals surface area contributed by atoms with E-state index in [1.165, 1.54) is 12.8 Å². The van der Waals surface area contributed by atoms with Crippen LogP contribution in [-0.4, -0.2) is 39.7 Å². The van der Waals surface area contributed by atoms with Crippen LogP contribution in [-0.2, 0) is 11.3 Å². The van der Waals surface area contributed by atoms with Gasteiger partial charge in [0.25, 0.3) is 5.91 Å². The third-order valence-electron chi connectivity index (χ3n) is 5.57. The molecule has 1 fully saturated rings.